The summed E-state index contributed by atoms with van der Waals surface area (Å²) in [4.78, 5) is 12.5. The van der Waals surface area contributed by atoms with E-state index in [4.69, 9.17) is 0 Å². The fourth-order valence-corrected chi connectivity index (χ4v) is 4.64. The molecule has 28 heavy (non-hydrogen) atoms. The van der Waals surface area contributed by atoms with Crippen molar-refractivity contribution in [3.8, 4) is 0 Å². The normalized spacial score (nSPS) is 11.9. The Morgan fingerprint density at radius 1 is 1.00 bits per heavy atom. The highest BCUT2D eigenvalue weighted by Gasteiger charge is 2.20. The number of carbonyl (C=O) groups excluding carboxylic acids is 1. The smallest absolute Gasteiger partial charge is 0.248 e. The number of nitrogens with one attached hydrogen (secondary N) is 1. The van der Waals surface area contributed by atoms with Crippen LogP contribution in [0, 0.1) is 20.8 Å². The number of amides is 1. The van der Waals surface area contributed by atoms with Gasteiger partial charge in [0.05, 0.1) is 4.90 Å². The zero-order chi connectivity index (χ0) is 20.9. The van der Waals surface area contributed by atoms with Gasteiger partial charge in [-0.15, -0.1) is 0 Å². The Hall–Kier alpha value is -2.44. The van der Waals surface area contributed by atoms with Gasteiger partial charge in [0.2, 0.25) is 15.9 Å². The summed E-state index contributed by atoms with van der Waals surface area (Å²) in [6.45, 7) is 10.4. The molecule has 2 aromatic carbocycles. The largest absolute Gasteiger partial charge is 0.322 e. The van der Waals surface area contributed by atoms with E-state index in [1.165, 1.54) is 10.4 Å². The van der Waals surface area contributed by atoms with Gasteiger partial charge in [-0.2, -0.15) is 4.31 Å². The van der Waals surface area contributed by atoms with Gasteiger partial charge in [0.25, 0.3) is 0 Å². The summed E-state index contributed by atoms with van der Waals surface area (Å²) in [5.41, 5.74) is 4.77. The summed E-state index contributed by atoms with van der Waals surface area (Å²) >= 11 is 0. The van der Waals surface area contributed by atoms with E-state index in [-0.39, 0.29) is 10.8 Å². The summed E-state index contributed by atoms with van der Waals surface area (Å²) in [6.07, 6.45) is 3.12. The molecule has 0 unspecified atom stereocenters. The Labute approximate surface area is 168 Å². The number of rotatable bonds is 7. The van der Waals surface area contributed by atoms with Crippen LogP contribution in [0.5, 0.6) is 0 Å². The predicted molar refractivity (Wildman–Crippen MR) is 115 cm³/mol. The average Bonchev–Trinajstić information content (AvgIpc) is 2.64. The molecule has 0 bridgehead atoms. The van der Waals surface area contributed by atoms with Gasteiger partial charge < -0.3 is 5.32 Å². The Morgan fingerprint density at radius 3 is 2.04 bits per heavy atom. The minimum absolute atomic E-state index is 0.227. The van der Waals surface area contributed by atoms with Crippen molar-refractivity contribution in [2.45, 2.75) is 39.5 Å². The third-order valence-corrected chi connectivity index (χ3v) is 6.64. The van der Waals surface area contributed by atoms with Gasteiger partial charge in [0, 0.05) is 24.9 Å². The molecule has 0 atom stereocenters. The van der Waals surface area contributed by atoms with E-state index in [1.807, 2.05) is 46.8 Å². The van der Waals surface area contributed by atoms with E-state index in [0.29, 0.717) is 13.1 Å². The molecule has 5 nitrogen and oxygen atoms in total. The lowest BCUT2D eigenvalue weighted by Crippen LogP contribution is -2.30. The second-order valence-electron chi connectivity index (χ2n) is 6.75. The number of benzene rings is 2. The van der Waals surface area contributed by atoms with E-state index in [2.05, 4.69) is 5.32 Å². The topological polar surface area (TPSA) is 66.5 Å². The minimum Gasteiger partial charge on any atom is -0.322 e. The summed E-state index contributed by atoms with van der Waals surface area (Å²) in [7, 11) is -3.47. The van der Waals surface area contributed by atoms with Crippen LogP contribution in [0.25, 0.3) is 6.08 Å². The van der Waals surface area contributed by atoms with E-state index < -0.39 is 10.0 Å². The van der Waals surface area contributed by atoms with Crippen molar-refractivity contribution < 1.29 is 13.2 Å². The second kappa shape index (κ2) is 9.17. The third kappa shape index (κ3) is 5.09. The molecular weight excluding hydrogens is 372 g/mol. The lowest BCUT2D eigenvalue weighted by Gasteiger charge is -2.18. The maximum Gasteiger partial charge on any atom is 0.248 e. The van der Waals surface area contributed by atoms with Crippen molar-refractivity contribution in [2.75, 3.05) is 18.4 Å². The van der Waals surface area contributed by atoms with Crippen LogP contribution in [-0.4, -0.2) is 31.7 Å². The molecule has 1 N–H and O–H groups in total. The van der Waals surface area contributed by atoms with Gasteiger partial charge in [0.15, 0.2) is 0 Å². The van der Waals surface area contributed by atoms with Crippen LogP contribution >= 0.6 is 0 Å². The summed E-state index contributed by atoms with van der Waals surface area (Å²) in [5, 5.41) is 2.91. The molecular formula is C22H28N2O3S. The fraction of sp³-hybridized carbons (Fsp3) is 0.318. The average molecular weight is 401 g/mol. The number of aryl methyl sites for hydroxylation is 3. The first-order chi connectivity index (χ1) is 13.2. The minimum atomic E-state index is -3.47. The first-order valence-electron chi connectivity index (χ1n) is 9.36. The van der Waals surface area contributed by atoms with Crippen molar-refractivity contribution in [1.82, 2.24) is 4.31 Å². The first-order valence-corrected chi connectivity index (χ1v) is 10.8. The number of nitrogens with zero attached hydrogens (tertiary/aromatic N) is 1. The maximum atomic E-state index is 12.5. The molecule has 0 saturated heterocycles. The van der Waals surface area contributed by atoms with Crippen molar-refractivity contribution in [1.29, 1.82) is 0 Å². The molecule has 6 heteroatoms. The zero-order valence-electron chi connectivity index (χ0n) is 17.1. The highest BCUT2D eigenvalue weighted by Crippen LogP contribution is 2.22. The molecule has 0 heterocycles. The van der Waals surface area contributed by atoms with Gasteiger partial charge in [0.1, 0.15) is 0 Å². The van der Waals surface area contributed by atoms with E-state index in [1.54, 1.807) is 30.3 Å². The monoisotopic (exact) mass is 400 g/mol. The summed E-state index contributed by atoms with van der Waals surface area (Å²) in [5.74, 6) is -0.227. The fourth-order valence-electron chi connectivity index (χ4n) is 3.18. The second-order valence-corrected chi connectivity index (χ2v) is 8.69. The molecule has 0 spiro atoms. The molecule has 0 saturated carbocycles. The van der Waals surface area contributed by atoms with Crippen LogP contribution in [0.4, 0.5) is 5.69 Å². The molecule has 0 aliphatic heterocycles. The molecule has 0 fully saturated rings. The summed E-state index contributed by atoms with van der Waals surface area (Å²) in [6, 6.07) is 10.6. The molecule has 2 rings (SSSR count). The number of carbonyl (C=O) groups is 1. The molecule has 0 aliphatic carbocycles. The molecule has 1 amide bonds. The van der Waals surface area contributed by atoms with Crippen LogP contribution in [0.3, 0.4) is 0 Å². The Kier molecular flexibility index (Phi) is 7.16. The van der Waals surface area contributed by atoms with Gasteiger partial charge in [-0.05, 0) is 55.7 Å². The van der Waals surface area contributed by atoms with Gasteiger partial charge in [-0.1, -0.05) is 43.7 Å². The zero-order valence-corrected chi connectivity index (χ0v) is 17.9. The molecule has 2 aromatic rings. The number of hydrogen-bond donors (Lipinski definition) is 1. The lowest BCUT2D eigenvalue weighted by atomic mass is 10.1. The first kappa shape index (κ1) is 21.9. The van der Waals surface area contributed by atoms with Gasteiger partial charge >= 0.3 is 0 Å². The van der Waals surface area contributed by atoms with E-state index in [0.717, 1.165) is 27.9 Å². The molecule has 150 valence electrons. The Balaban J connectivity index is 2.12. The number of sulfonamides is 1. The van der Waals surface area contributed by atoms with Crippen molar-refractivity contribution in [3.63, 3.8) is 0 Å². The number of anilines is 1. The maximum absolute atomic E-state index is 12.5. The van der Waals surface area contributed by atoms with Gasteiger partial charge in [-0.3, -0.25) is 4.79 Å². The standard InChI is InChI=1S/C22H28N2O3S/c1-6-24(7-2)28(26,27)20-11-8-19(9-12-20)10-13-21(25)23-22-17(4)14-16(3)15-18(22)5/h8-15H,6-7H2,1-5H3,(H,23,25). The van der Waals surface area contributed by atoms with Crippen LogP contribution in [0.1, 0.15) is 36.1 Å². The highest BCUT2D eigenvalue weighted by atomic mass is 32.2. The van der Waals surface area contributed by atoms with Crippen LogP contribution in [-0.2, 0) is 14.8 Å². The summed E-state index contributed by atoms with van der Waals surface area (Å²) < 4.78 is 26.4. The van der Waals surface area contributed by atoms with Crippen LogP contribution < -0.4 is 5.32 Å². The highest BCUT2D eigenvalue weighted by molar-refractivity contribution is 7.89. The van der Waals surface area contributed by atoms with Crippen molar-refractivity contribution in [3.05, 3.63) is 64.7 Å². The van der Waals surface area contributed by atoms with Crippen LogP contribution in [0.2, 0.25) is 0 Å². The van der Waals surface area contributed by atoms with Crippen molar-refractivity contribution >= 4 is 27.7 Å². The van der Waals surface area contributed by atoms with E-state index in [9.17, 15) is 13.2 Å². The SMILES string of the molecule is CCN(CC)S(=O)(=O)c1ccc(C=CC(=O)Nc2c(C)cc(C)cc2C)cc1. The predicted octanol–water partition coefficient (Wildman–Crippen LogP) is 4.29. The molecule has 0 radical (unpaired) electrons. The Morgan fingerprint density at radius 2 is 1.54 bits per heavy atom. The van der Waals surface area contributed by atoms with Crippen LogP contribution in [0.15, 0.2) is 47.4 Å². The van der Waals surface area contributed by atoms with Gasteiger partial charge in [-0.25, -0.2) is 8.42 Å². The molecule has 0 aliphatic rings. The third-order valence-electron chi connectivity index (χ3n) is 4.58. The molecule has 0 aromatic heterocycles. The van der Waals surface area contributed by atoms with Crippen molar-refractivity contribution in [2.24, 2.45) is 0 Å². The number of hydrogen-bond acceptors (Lipinski definition) is 3. The quantitative estimate of drug-likeness (QED) is 0.705. The van der Waals surface area contributed by atoms with E-state index >= 15 is 0 Å². The lowest BCUT2D eigenvalue weighted by molar-refractivity contribution is -0.111. The Bertz CT molecular complexity index is 950.